The van der Waals surface area contributed by atoms with Crippen LogP contribution in [0, 0.1) is 0 Å². The summed E-state index contributed by atoms with van der Waals surface area (Å²) in [5.41, 5.74) is 0. The van der Waals surface area contributed by atoms with E-state index in [-0.39, 0.29) is 0 Å². The highest BCUT2D eigenvalue weighted by atomic mass is 28.4. The minimum absolute atomic E-state index is 0.558. The highest BCUT2D eigenvalue weighted by molar-refractivity contribution is 6.87. The quantitative estimate of drug-likeness (QED) is 0.200. The van der Waals surface area contributed by atoms with Crippen molar-refractivity contribution in [1.29, 1.82) is 0 Å². The van der Waals surface area contributed by atoms with E-state index < -0.39 is 16.6 Å². The highest BCUT2D eigenvalue weighted by Gasteiger charge is 2.40. The second kappa shape index (κ2) is 12.6. The van der Waals surface area contributed by atoms with Crippen molar-refractivity contribution in [1.82, 2.24) is 0 Å². The van der Waals surface area contributed by atoms with E-state index in [9.17, 15) is 9.59 Å². The van der Waals surface area contributed by atoms with Crippen molar-refractivity contribution < 1.29 is 13.7 Å². The van der Waals surface area contributed by atoms with Crippen LogP contribution in [0.5, 0.6) is 0 Å². The van der Waals surface area contributed by atoms with Crippen LogP contribution in [-0.2, 0) is 13.7 Å². The number of nitrogens with zero attached hydrogens (tertiary/aromatic N) is 2. The monoisotopic (exact) mass is 356 g/mol. The zero-order valence-corrected chi connectivity index (χ0v) is 17.2. The Balaban J connectivity index is 4.96. The molecule has 23 heavy (non-hydrogen) atoms. The van der Waals surface area contributed by atoms with Crippen molar-refractivity contribution in [2.24, 2.45) is 9.98 Å². The van der Waals surface area contributed by atoms with Crippen LogP contribution in [0.4, 0.5) is 0 Å². The molecule has 0 saturated carbocycles. The van der Waals surface area contributed by atoms with Gasteiger partial charge < -0.3 is 4.12 Å². The molecule has 7 heteroatoms. The molecular weight excluding hydrogens is 324 g/mol. The van der Waals surface area contributed by atoms with Gasteiger partial charge in [0, 0.05) is 0 Å². The van der Waals surface area contributed by atoms with Crippen LogP contribution >= 0.6 is 0 Å². The van der Waals surface area contributed by atoms with Crippen molar-refractivity contribution >= 4 is 28.8 Å². The molecule has 132 valence electrons. The van der Waals surface area contributed by atoms with Crippen molar-refractivity contribution in [3.63, 3.8) is 0 Å². The van der Waals surface area contributed by atoms with Gasteiger partial charge in [0.1, 0.15) is 0 Å². The van der Waals surface area contributed by atoms with Crippen LogP contribution in [0.25, 0.3) is 0 Å². The lowest BCUT2D eigenvalue weighted by molar-refractivity contribution is 0.498. The predicted octanol–water partition coefficient (Wildman–Crippen LogP) is 4.43. The van der Waals surface area contributed by atoms with Gasteiger partial charge >= 0.3 is 0 Å². The van der Waals surface area contributed by atoms with Crippen LogP contribution in [0.3, 0.4) is 0 Å². The van der Waals surface area contributed by atoms with E-state index in [0.717, 1.165) is 49.1 Å². The first-order valence-electron chi connectivity index (χ1n) is 8.85. The Morgan fingerprint density at radius 3 is 1.35 bits per heavy atom. The first-order valence-corrected chi connectivity index (χ1v) is 13.9. The standard InChI is InChI=1S/C16H32N2O3Si2/c1-5-22(6-2,13-9-11-17-15-19)21-23(7-3,8-4)14-10-12-18-16-20/h5-14H2,1-4H3. The van der Waals surface area contributed by atoms with Crippen LogP contribution in [0.2, 0.25) is 36.3 Å². The average molecular weight is 357 g/mol. The maximum atomic E-state index is 10.2. The maximum Gasteiger partial charge on any atom is 0.234 e. The first-order chi connectivity index (χ1) is 11.1. The molecule has 0 spiro atoms. The molecule has 0 aromatic rings. The van der Waals surface area contributed by atoms with E-state index in [1.807, 2.05) is 0 Å². The van der Waals surface area contributed by atoms with Gasteiger partial charge in [0.15, 0.2) is 16.6 Å². The summed E-state index contributed by atoms with van der Waals surface area (Å²) in [5.74, 6) is 0. The summed E-state index contributed by atoms with van der Waals surface area (Å²) in [6, 6.07) is 6.55. The Hall–Kier alpha value is -0.846. The van der Waals surface area contributed by atoms with Crippen LogP contribution < -0.4 is 0 Å². The molecule has 0 aromatic carbocycles. The van der Waals surface area contributed by atoms with Gasteiger partial charge in [-0.15, -0.1) is 0 Å². The molecule has 0 N–H and O–H groups in total. The number of aliphatic imine (C=N–C) groups is 2. The predicted molar refractivity (Wildman–Crippen MR) is 99.3 cm³/mol. The first kappa shape index (κ1) is 22.2. The summed E-state index contributed by atoms with van der Waals surface area (Å²) in [6.07, 6.45) is 5.06. The molecule has 0 rings (SSSR count). The molecule has 0 aliphatic rings. The van der Waals surface area contributed by atoms with Gasteiger partial charge in [-0.1, -0.05) is 27.7 Å². The van der Waals surface area contributed by atoms with Gasteiger partial charge in [0.05, 0.1) is 13.1 Å². The summed E-state index contributed by atoms with van der Waals surface area (Å²) < 4.78 is 6.98. The molecule has 0 aliphatic heterocycles. The molecule has 0 aromatic heterocycles. The molecule has 5 nitrogen and oxygen atoms in total. The van der Waals surface area contributed by atoms with Crippen LogP contribution in [0.15, 0.2) is 9.98 Å². The minimum atomic E-state index is -1.78. The highest BCUT2D eigenvalue weighted by Crippen LogP contribution is 2.34. The summed E-state index contributed by atoms with van der Waals surface area (Å²) in [4.78, 5) is 27.8. The number of carbonyl (C=O) groups excluding carboxylic acids is 2. The van der Waals surface area contributed by atoms with E-state index in [2.05, 4.69) is 37.7 Å². The van der Waals surface area contributed by atoms with Crippen LogP contribution in [-0.4, -0.2) is 41.9 Å². The number of hydrogen-bond donors (Lipinski definition) is 0. The molecule has 0 heterocycles. The second-order valence-electron chi connectivity index (χ2n) is 6.04. The number of isocyanates is 2. The number of hydrogen-bond acceptors (Lipinski definition) is 5. The molecule has 0 amide bonds. The van der Waals surface area contributed by atoms with Gasteiger partial charge in [0.2, 0.25) is 12.2 Å². The SMILES string of the molecule is CC[Si](CC)(CCCN=C=O)O[Si](CC)(CC)CCCN=C=O. The summed E-state index contributed by atoms with van der Waals surface area (Å²) in [6.45, 7) is 10.1. The summed E-state index contributed by atoms with van der Waals surface area (Å²) in [5, 5.41) is 0. The second-order valence-corrected chi connectivity index (χ2v) is 15.4. The Bertz CT molecular complexity index is 374. The van der Waals surface area contributed by atoms with Crippen molar-refractivity contribution in [3.05, 3.63) is 0 Å². The third-order valence-electron chi connectivity index (χ3n) is 4.94. The Morgan fingerprint density at radius 1 is 0.739 bits per heavy atom. The van der Waals surface area contributed by atoms with Gasteiger partial charge in [-0.05, 0) is 49.1 Å². The van der Waals surface area contributed by atoms with Gasteiger partial charge in [-0.25, -0.2) is 19.6 Å². The normalized spacial score (nSPS) is 11.7. The summed E-state index contributed by atoms with van der Waals surface area (Å²) >= 11 is 0. The lowest BCUT2D eigenvalue weighted by Crippen LogP contribution is -2.50. The van der Waals surface area contributed by atoms with Gasteiger partial charge in [0.25, 0.3) is 0 Å². The van der Waals surface area contributed by atoms with Gasteiger partial charge in [-0.2, -0.15) is 0 Å². The lowest BCUT2D eigenvalue weighted by atomic mass is 10.5. The van der Waals surface area contributed by atoms with E-state index in [1.165, 1.54) is 0 Å². The molecule has 0 atom stereocenters. The summed E-state index contributed by atoms with van der Waals surface area (Å²) in [7, 11) is -3.55. The topological polar surface area (TPSA) is 68.1 Å². The van der Waals surface area contributed by atoms with E-state index >= 15 is 0 Å². The lowest BCUT2D eigenvalue weighted by Gasteiger charge is -2.41. The van der Waals surface area contributed by atoms with Crippen molar-refractivity contribution in [3.8, 4) is 0 Å². The Labute approximate surface area is 142 Å². The molecule has 0 unspecified atom stereocenters. The molecule has 0 radical (unpaired) electrons. The molecule has 0 aliphatic carbocycles. The maximum absolute atomic E-state index is 10.2. The van der Waals surface area contributed by atoms with E-state index in [1.54, 1.807) is 12.2 Å². The fourth-order valence-corrected chi connectivity index (χ4v) is 13.9. The Morgan fingerprint density at radius 2 is 1.09 bits per heavy atom. The number of rotatable bonds is 14. The fourth-order valence-electron chi connectivity index (χ4n) is 3.11. The minimum Gasteiger partial charge on any atom is -0.455 e. The Kier molecular flexibility index (Phi) is 12.1. The van der Waals surface area contributed by atoms with Crippen molar-refractivity contribution in [2.45, 2.75) is 76.8 Å². The molecule has 0 fully saturated rings. The molecule has 0 saturated heterocycles. The fraction of sp³-hybridized carbons (Fsp3) is 0.875. The van der Waals surface area contributed by atoms with E-state index in [0.29, 0.717) is 13.1 Å². The zero-order chi connectivity index (χ0) is 17.6. The van der Waals surface area contributed by atoms with Crippen molar-refractivity contribution in [2.75, 3.05) is 13.1 Å². The average Bonchev–Trinajstić information content (AvgIpc) is 2.60. The molecular formula is C16H32N2O3Si2. The zero-order valence-electron chi connectivity index (χ0n) is 15.2. The third kappa shape index (κ3) is 8.00. The van der Waals surface area contributed by atoms with Crippen LogP contribution in [0.1, 0.15) is 40.5 Å². The van der Waals surface area contributed by atoms with E-state index in [4.69, 9.17) is 4.12 Å². The molecule has 0 bridgehead atoms. The largest absolute Gasteiger partial charge is 0.455 e. The smallest absolute Gasteiger partial charge is 0.234 e. The van der Waals surface area contributed by atoms with Gasteiger partial charge in [-0.3, -0.25) is 0 Å². The third-order valence-corrected chi connectivity index (χ3v) is 16.1.